The molecule has 0 atom stereocenters. The predicted octanol–water partition coefficient (Wildman–Crippen LogP) is 4.87. The summed E-state index contributed by atoms with van der Waals surface area (Å²) in [4.78, 5) is 17.7. The first-order valence-corrected chi connectivity index (χ1v) is 11.5. The molecule has 0 amide bonds. The SMILES string of the molecule is Cl.Cl.O=c1c2ccccc2oc2c(OCCN3CCN(CCOc4ccccc4)CC3)cccc12. The number of para-hydroxylation sites is 3. The molecule has 3 aromatic carbocycles. The summed E-state index contributed by atoms with van der Waals surface area (Å²) >= 11 is 0. The lowest BCUT2D eigenvalue weighted by molar-refractivity contribution is 0.105. The summed E-state index contributed by atoms with van der Waals surface area (Å²) < 4.78 is 17.9. The van der Waals surface area contributed by atoms with Crippen molar-refractivity contribution in [1.29, 1.82) is 0 Å². The number of piperazine rings is 1. The number of fused-ring (bicyclic) bond motifs is 2. The fourth-order valence-corrected chi connectivity index (χ4v) is 4.24. The maximum absolute atomic E-state index is 12.8. The van der Waals surface area contributed by atoms with Gasteiger partial charge in [-0.3, -0.25) is 14.6 Å². The average Bonchev–Trinajstić information content (AvgIpc) is 2.86. The Morgan fingerprint density at radius 1 is 0.686 bits per heavy atom. The van der Waals surface area contributed by atoms with Gasteiger partial charge in [0.25, 0.3) is 0 Å². The van der Waals surface area contributed by atoms with Gasteiger partial charge in [-0.2, -0.15) is 0 Å². The minimum atomic E-state index is -0.0235. The number of nitrogens with zero attached hydrogens (tertiary/aromatic N) is 2. The van der Waals surface area contributed by atoms with Crippen molar-refractivity contribution in [1.82, 2.24) is 9.80 Å². The van der Waals surface area contributed by atoms with Gasteiger partial charge in [0.15, 0.2) is 11.3 Å². The van der Waals surface area contributed by atoms with Crippen molar-refractivity contribution in [2.45, 2.75) is 0 Å². The molecule has 35 heavy (non-hydrogen) atoms. The van der Waals surface area contributed by atoms with Gasteiger partial charge in [-0.05, 0) is 36.4 Å². The number of hydrogen-bond donors (Lipinski definition) is 0. The molecule has 8 heteroatoms. The van der Waals surface area contributed by atoms with Gasteiger partial charge in [-0.1, -0.05) is 36.4 Å². The normalized spacial score (nSPS) is 14.3. The fourth-order valence-electron chi connectivity index (χ4n) is 4.24. The number of ether oxygens (including phenoxy) is 2. The van der Waals surface area contributed by atoms with Crippen molar-refractivity contribution in [2.24, 2.45) is 0 Å². The van der Waals surface area contributed by atoms with Crippen LogP contribution in [0.1, 0.15) is 0 Å². The van der Waals surface area contributed by atoms with E-state index in [1.54, 1.807) is 12.1 Å². The third kappa shape index (κ3) is 6.47. The summed E-state index contributed by atoms with van der Waals surface area (Å²) in [6, 6.07) is 22.8. The van der Waals surface area contributed by atoms with Crippen LogP contribution in [-0.4, -0.2) is 62.3 Å². The predicted molar refractivity (Wildman–Crippen MR) is 145 cm³/mol. The third-order valence-electron chi connectivity index (χ3n) is 6.12. The number of benzene rings is 3. The summed E-state index contributed by atoms with van der Waals surface area (Å²) in [7, 11) is 0. The van der Waals surface area contributed by atoms with Crippen LogP contribution in [0.5, 0.6) is 11.5 Å². The van der Waals surface area contributed by atoms with Crippen LogP contribution in [-0.2, 0) is 0 Å². The zero-order chi connectivity index (χ0) is 22.5. The molecule has 1 fully saturated rings. The van der Waals surface area contributed by atoms with E-state index >= 15 is 0 Å². The molecule has 0 spiro atoms. The molecule has 0 N–H and O–H groups in total. The second-order valence-corrected chi connectivity index (χ2v) is 8.25. The Kier molecular flexibility index (Phi) is 9.81. The minimum Gasteiger partial charge on any atom is -0.492 e. The highest BCUT2D eigenvalue weighted by Crippen LogP contribution is 2.27. The Morgan fingerprint density at radius 2 is 1.29 bits per heavy atom. The molecule has 5 rings (SSSR count). The molecule has 0 unspecified atom stereocenters. The molecule has 4 aromatic rings. The molecular formula is C27H30Cl2N2O4. The number of rotatable bonds is 8. The van der Waals surface area contributed by atoms with Crippen LogP contribution in [0.2, 0.25) is 0 Å². The number of halogens is 2. The molecule has 0 saturated carbocycles. The van der Waals surface area contributed by atoms with Crippen LogP contribution in [0.15, 0.2) is 82.0 Å². The van der Waals surface area contributed by atoms with Crippen LogP contribution >= 0.6 is 24.8 Å². The van der Waals surface area contributed by atoms with Crippen molar-refractivity contribution in [2.75, 3.05) is 52.5 Å². The molecule has 6 nitrogen and oxygen atoms in total. The summed E-state index contributed by atoms with van der Waals surface area (Å²) in [5, 5.41) is 1.15. The highest BCUT2D eigenvalue weighted by molar-refractivity contribution is 5.92. The Bertz CT molecular complexity index is 1270. The third-order valence-corrected chi connectivity index (χ3v) is 6.12. The van der Waals surface area contributed by atoms with Crippen LogP contribution in [0, 0.1) is 0 Å². The molecule has 0 aliphatic carbocycles. The van der Waals surface area contributed by atoms with Crippen molar-refractivity contribution < 1.29 is 13.9 Å². The van der Waals surface area contributed by atoms with E-state index in [0.29, 0.717) is 40.9 Å². The lowest BCUT2D eigenvalue weighted by Gasteiger charge is -2.34. The zero-order valence-electron chi connectivity index (χ0n) is 19.4. The van der Waals surface area contributed by atoms with E-state index in [4.69, 9.17) is 13.9 Å². The molecule has 2 heterocycles. The van der Waals surface area contributed by atoms with E-state index in [1.807, 2.05) is 60.7 Å². The first kappa shape index (κ1) is 26.8. The molecule has 1 saturated heterocycles. The molecule has 1 aromatic heterocycles. The Balaban J connectivity index is 0.00000171. The monoisotopic (exact) mass is 516 g/mol. The Morgan fingerprint density at radius 3 is 2.00 bits per heavy atom. The first-order valence-electron chi connectivity index (χ1n) is 11.5. The van der Waals surface area contributed by atoms with Gasteiger partial charge in [0.1, 0.15) is 24.5 Å². The van der Waals surface area contributed by atoms with E-state index in [9.17, 15) is 4.79 Å². The Hall–Kier alpha value is -2.77. The maximum Gasteiger partial charge on any atom is 0.200 e. The smallest absolute Gasteiger partial charge is 0.200 e. The first-order chi connectivity index (χ1) is 16.3. The molecule has 1 aliphatic heterocycles. The topological polar surface area (TPSA) is 55.2 Å². The highest BCUT2D eigenvalue weighted by atomic mass is 35.5. The quantitative estimate of drug-likeness (QED) is 0.311. The molecule has 186 valence electrons. The molecule has 0 radical (unpaired) electrons. The van der Waals surface area contributed by atoms with E-state index in [2.05, 4.69) is 9.80 Å². The fraction of sp³-hybridized carbons (Fsp3) is 0.296. The van der Waals surface area contributed by atoms with E-state index < -0.39 is 0 Å². The standard InChI is InChI=1S/C27H28N2O4.2ClH/c30-26-22-9-4-5-11-24(22)33-27-23(26)10-6-12-25(27)32-20-18-29-15-13-28(14-16-29)17-19-31-21-7-2-1-3-8-21;;/h1-12H,13-20H2;2*1H. The average molecular weight is 517 g/mol. The number of hydrogen-bond acceptors (Lipinski definition) is 6. The maximum atomic E-state index is 12.8. The van der Waals surface area contributed by atoms with Crippen molar-refractivity contribution in [3.63, 3.8) is 0 Å². The zero-order valence-corrected chi connectivity index (χ0v) is 21.1. The van der Waals surface area contributed by atoms with E-state index in [0.717, 1.165) is 45.0 Å². The van der Waals surface area contributed by atoms with Gasteiger partial charge in [0.05, 0.1) is 10.8 Å². The Labute approximate surface area is 217 Å². The van der Waals surface area contributed by atoms with Gasteiger partial charge in [0.2, 0.25) is 5.43 Å². The molecule has 0 bridgehead atoms. The second kappa shape index (κ2) is 12.8. The summed E-state index contributed by atoms with van der Waals surface area (Å²) in [5.74, 6) is 1.54. The molecular weight excluding hydrogens is 487 g/mol. The van der Waals surface area contributed by atoms with Crippen LogP contribution < -0.4 is 14.9 Å². The van der Waals surface area contributed by atoms with E-state index in [-0.39, 0.29) is 30.2 Å². The summed E-state index contributed by atoms with van der Waals surface area (Å²) in [6.07, 6.45) is 0. The van der Waals surface area contributed by atoms with Gasteiger partial charge >= 0.3 is 0 Å². The van der Waals surface area contributed by atoms with Gasteiger partial charge < -0.3 is 13.9 Å². The van der Waals surface area contributed by atoms with Crippen molar-refractivity contribution in [3.05, 3.63) is 83.0 Å². The van der Waals surface area contributed by atoms with Crippen LogP contribution in [0.3, 0.4) is 0 Å². The van der Waals surface area contributed by atoms with Crippen LogP contribution in [0.4, 0.5) is 0 Å². The van der Waals surface area contributed by atoms with E-state index in [1.165, 1.54) is 0 Å². The lowest BCUT2D eigenvalue weighted by Crippen LogP contribution is -2.48. The summed E-state index contributed by atoms with van der Waals surface area (Å²) in [6.45, 7) is 7.07. The van der Waals surface area contributed by atoms with Crippen molar-refractivity contribution >= 4 is 46.8 Å². The lowest BCUT2D eigenvalue weighted by atomic mass is 10.1. The second-order valence-electron chi connectivity index (χ2n) is 8.25. The van der Waals surface area contributed by atoms with Gasteiger partial charge in [-0.25, -0.2) is 0 Å². The van der Waals surface area contributed by atoms with Gasteiger partial charge in [0, 0.05) is 39.3 Å². The summed E-state index contributed by atoms with van der Waals surface area (Å²) in [5.41, 5.74) is 1.08. The van der Waals surface area contributed by atoms with Crippen molar-refractivity contribution in [3.8, 4) is 11.5 Å². The molecule has 1 aliphatic rings. The largest absolute Gasteiger partial charge is 0.492 e. The highest BCUT2D eigenvalue weighted by Gasteiger charge is 2.17. The van der Waals surface area contributed by atoms with Crippen LogP contribution in [0.25, 0.3) is 21.9 Å². The van der Waals surface area contributed by atoms with Gasteiger partial charge in [-0.15, -0.1) is 24.8 Å². The minimum absolute atomic E-state index is 0.